The van der Waals surface area contributed by atoms with Crippen LogP contribution in [0, 0.1) is 5.41 Å². The number of rotatable bonds is 5. The Morgan fingerprint density at radius 3 is 2.37 bits per heavy atom. The van der Waals surface area contributed by atoms with E-state index in [4.69, 9.17) is 5.11 Å². The van der Waals surface area contributed by atoms with E-state index in [-0.39, 0.29) is 5.41 Å². The molecular weight excluding hydrogens is 248 g/mol. The van der Waals surface area contributed by atoms with E-state index < -0.39 is 17.9 Å². The van der Waals surface area contributed by atoms with Crippen molar-refractivity contribution in [3.8, 4) is 0 Å². The molecule has 0 radical (unpaired) electrons. The van der Waals surface area contributed by atoms with E-state index in [1.165, 1.54) is 12.8 Å². The number of hydrogen-bond acceptors (Lipinski definition) is 3. The zero-order chi connectivity index (χ0) is 14.3. The summed E-state index contributed by atoms with van der Waals surface area (Å²) in [6.07, 6.45) is 7.04. The summed E-state index contributed by atoms with van der Waals surface area (Å²) in [5.74, 6) is -1.97. The molecule has 0 saturated heterocycles. The van der Waals surface area contributed by atoms with Crippen LogP contribution in [-0.4, -0.2) is 29.6 Å². The standard InChI is InChI=1S/C13H20N2O4/c1-2-13(7-3-4-8-13)9-14-12(19)15-10(16)5-6-11(17)18/h5-6H,2-4,7-9H2,1H3,(H,17,18)(H2,14,15,16,19)/b6-5+. The predicted octanol–water partition coefficient (Wildman–Crippen LogP) is 1.42. The molecule has 0 aromatic carbocycles. The molecule has 3 amide bonds. The van der Waals surface area contributed by atoms with Crippen LogP contribution >= 0.6 is 0 Å². The molecule has 1 rings (SSSR count). The molecule has 6 nitrogen and oxygen atoms in total. The van der Waals surface area contributed by atoms with Crippen molar-refractivity contribution in [1.82, 2.24) is 10.6 Å². The number of imide groups is 1. The highest BCUT2D eigenvalue weighted by Gasteiger charge is 2.32. The Balaban J connectivity index is 2.35. The smallest absolute Gasteiger partial charge is 0.328 e. The van der Waals surface area contributed by atoms with Crippen molar-refractivity contribution >= 4 is 17.9 Å². The van der Waals surface area contributed by atoms with Crippen molar-refractivity contribution in [3.63, 3.8) is 0 Å². The lowest BCUT2D eigenvalue weighted by molar-refractivity contribution is -0.131. The minimum absolute atomic E-state index is 0.150. The Labute approximate surface area is 112 Å². The molecular formula is C13H20N2O4. The quantitative estimate of drug-likeness (QED) is 0.657. The van der Waals surface area contributed by atoms with Crippen molar-refractivity contribution in [1.29, 1.82) is 0 Å². The van der Waals surface area contributed by atoms with Crippen LogP contribution in [0.15, 0.2) is 12.2 Å². The maximum Gasteiger partial charge on any atom is 0.328 e. The molecule has 19 heavy (non-hydrogen) atoms. The van der Waals surface area contributed by atoms with Crippen LogP contribution in [0.5, 0.6) is 0 Å². The lowest BCUT2D eigenvalue weighted by Crippen LogP contribution is -2.43. The van der Waals surface area contributed by atoms with Gasteiger partial charge in [-0.15, -0.1) is 0 Å². The van der Waals surface area contributed by atoms with Gasteiger partial charge in [0.25, 0.3) is 5.91 Å². The Kier molecular flexibility index (Phi) is 5.54. The van der Waals surface area contributed by atoms with E-state index in [1.54, 1.807) is 0 Å². The first-order valence-corrected chi connectivity index (χ1v) is 6.47. The molecule has 1 aliphatic rings. The number of carboxylic acids is 1. The number of urea groups is 1. The van der Waals surface area contributed by atoms with Gasteiger partial charge in [0.15, 0.2) is 0 Å². The summed E-state index contributed by atoms with van der Waals surface area (Å²) in [7, 11) is 0. The molecule has 1 aliphatic carbocycles. The minimum Gasteiger partial charge on any atom is -0.478 e. The predicted molar refractivity (Wildman–Crippen MR) is 69.5 cm³/mol. The molecule has 0 aromatic heterocycles. The third-order valence-corrected chi connectivity index (χ3v) is 3.65. The summed E-state index contributed by atoms with van der Waals surface area (Å²) < 4.78 is 0. The summed E-state index contributed by atoms with van der Waals surface area (Å²) in [5, 5.41) is 13.1. The van der Waals surface area contributed by atoms with E-state index in [1.807, 2.05) is 0 Å². The van der Waals surface area contributed by atoms with Crippen LogP contribution < -0.4 is 10.6 Å². The van der Waals surface area contributed by atoms with Crippen LogP contribution in [0.2, 0.25) is 0 Å². The van der Waals surface area contributed by atoms with E-state index >= 15 is 0 Å². The number of aliphatic carboxylic acids is 1. The molecule has 3 N–H and O–H groups in total. The third-order valence-electron chi connectivity index (χ3n) is 3.65. The monoisotopic (exact) mass is 268 g/mol. The fourth-order valence-corrected chi connectivity index (χ4v) is 2.39. The second-order valence-electron chi connectivity index (χ2n) is 4.90. The first kappa shape index (κ1) is 15.2. The number of hydrogen-bond donors (Lipinski definition) is 3. The number of amides is 3. The van der Waals surface area contributed by atoms with E-state index in [9.17, 15) is 14.4 Å². The van der Waals surface area contributed by atoms with Gasteiger partial charge in [-0.3, -0.25) is 10.1 Å². The number of nitrogens with one attached hydrogen (secondary N) is 2. The number of carbonyl (C=O) groups excluding carboxylic acids is 2. The van der Waals surface area contributed by atoms with Gasteiger partial charge in [-0.25, -0.2) is 9.59 Å². The number of carboxylic acid groups (broad SMARTS) is 1. The van der Waals surface area contributed by atoms with Gasteiger partial charge in [0.1, 0.15) is 0 Å². The molecule has 0 aliphatic heterocycles. The topological polar surface area (TPSA) is 95.5 Å². The van der Waals surface area contributed by atoms with Gasteiger partial charge < -0.3 is 10.4 Å². The van der Waals surface area contributed by atoms with Crippen molar-refractivity contribution in [2.45, 2.75) is 39.0 Å². The molecule has 1 fully saturated rings. The average Bonchev–Trinajstić information content (AvgIpc) is 2.83. The van der Waals surface area contributed by atoms with Crippen LogP contribution in [0.25, 0.3) is 0 Å². The number of carbonyl (C=O) groups is 3. The molecule has 0 spiro atoms. The van der Waals surface area contributed by atoms with E-state index in [2.05, 4.69) is 17.6 Å². The molecule has 1 saturated carbocycles. The SMILES string of the molecule is CCC1(CNC(=O)NC(=O)/C=C/C(=O)O)CCCC1. The molecule has 106 valence electrons. The highest BCUT2D eigenvalue weighted by molar-refractivity contribution is 6.02. The van der Waals surface area contributed by atoms with Gasteiger partial charge in [0, 0.05) is 18.7 Å². The maximum absolute atomic E-state index is 11.5. The summed E-state index contributed by atoms with van der Waals surface area (Å²) in [4.78, 5) is 32.9. The van der Waals surface area contributed by atoms with Gasteiger partial charge in [-0.2, -0.15) is 0 Å². The zero-order valence-corrected chi connectivity index (χ0v) is 11.1. The lowest BCUT2D eigenvalue weighted by atomic mass is 9.83. The Hall–Kier alpha value is -1.85. The molecule has 0 heterocycles. The lowest BCUT2D eigenvalue weighted by Gasteiger charge is -2.27. The van der Waals surface area contributed by atoms with Crippen LogP contribution in [-0.2, 0) is 9.59 Å². The molecule has 0 unspecified atom stereocenters. The fourth-order valence-electron chi connectivity index (χ4n) is 2.39. The van der Waals surface area contributed by atoms with Gasteiger partial charge in [-0.1, -0.05) is 19.8 Å². The highest BCUT2D eigenvalue weighted by atomic mass is 16.4. The van der Waals surface area contributed by atoms with Gasteiger partial charge >= 0.3 is 12.0 Å². The van der Waals surface area contributed by atoms with E-state index in [0.29, 0.717) is 12.6 Å². The minimum atomic E-state index is -1.23. The van der Waals surface area contributed by atoms with Gasteiger partial charge in [0.05, 0.1) is 0 Å². The molecule has 0 bridgehead atoms. The highest BCUT2D eigenvalue weighted by Crippen LogP contribution is 2.40. The van der Waals surface area contributed by atoms with E-state index in [0.717, 1.165) is 25.3 Å². The van der Waals surface area contributed by atoms with Crippen molar-refractivity contribution in [2.75, 3.05) is 6.54 Å². The zero-order valence-electron chi connectivity index (χ0n) is 11.1. The third kappa shape index (κ3) is 5.11. The van der Waals surface area contributed by atoms with Crippen LogP contribution in [0.3, 0.4) is 0 Å². The molecule has 0 aromatic rings. The Morgan fingerprint density at radius 1 is 1.21 bits per heavy atom. The summed E-state index contributed by atoms with van der Waals surface area (Å²) >= 11 is 0. The Bertz CT molecular complexity index is 384. The normalized spacial score (nSPS) is 17.3. The summed E-state index contributed by atoms with van der Waals surface area (Å²) in [5.41, 5.74) is 0.150. The molecule has 0 atom stereocenters. The first-order valence-electron chi connectivity index (χ1n) is 6.47. The molecule has 6 heteroatoms. The Morgan fingerprint density at radius 2 is 1.84 bits per heavy atom. The first-order chi connectivity index (χ1) is 8.97. The van der Waals surface area contributed by atoms with Gasteiger partial charge in [-0.05, 0) is 24.7 Å². The largest absolute Gasteiger partial charge is 0.478 e. The second kappa shape index (κ2) is 6.92. The van der Waals surface area contributed by atoms with Crippen molar-refractivity contribution in [2.24, 2.45) is 5.41 Å². The summed E-state index contributed by atoms with van der Waals surface area (Å²) in [6.45, 7) is 2.65. The van der Waals surface area contributed by atoms with Gasteiger partial charge in [0.2, 0.25) is 0 Å². The second-order valence-corrected chi connectivity index (χ2v) is 4.90. The summed E-state index contributed by atoms with van der Waals surface area (Å²) in [6, 6.07) is -0.584. The van der Waals surface area contributed by atoms with Crippen molar-refractivity contribution < 1.29 is 19.5 Å². The average molecular weight is 268 g/mol. The fraction of sp³-hybridized carbons (Fsp3) is 0.615. The van der Waals surface area contributed by atoms with Crippen LogP contribution in [0.1, 0.15) is 39.0 Å². The maximum atomic E-state index is 11.5. The van der Waals surface area contributed by atoms with Crippen LogP contribution in [0.4, 0.5) is 4.79 Å². The van der Waals surface area contributed by atoms with Crippen molar-refractivity contribution in [3.05, 3.63) is 12.2 Å².